The Labute approximate surface area is 90.9 Å². The predicted molar refractivity (Wildman–Crippen MR) is 57.4 cm³/mol. The van der Waals surface area contributed by atoms with Crippen LogP contribution in [-0.2, 0) is 6.54 Å². The Morgan fingerprint density at radius 2 is 2.19 bits per heavy atom. The van der Waals surface area contributed by atoms with Gasteiger partial charge in [0.2, 0.25) is 11.7 Å². The maximum Gasteiger partial charge on any atom is 0.240 e. The number of fused-ring (bicyclic) bond motifs is 1. The Hall–Kier alpha value is -2.14. The molecule has 5 heteroatoms. The molecule has 5 nitrogen and oxygen atoms in total. The van der Waals surface area contributed by atoms with Gasteiger partial charge in [-0.15, -0.1) is 0 Å². The molecule has 2 aromatic heterocycles. The van der Waals surface area contributed by atoms with Gasteiger partial charge in [-0.2, -0.15) is 4.98 Å². The highest BCUT2D eigenvalue weighted by molar-refractivity contribution is 5.81. The number of furan rings is 1. The highest BCUT2D eigenvalue weighted by atomic mass is 16.5. The summed E-state index contributed by atoms with van der Waals surface area (Å²) >= 11 is 0. The lowest BCUT2D eigenvalue weighted by Crippen LogP contribution is -1.95. The number of nitrogens with two attached hydrogens (primary N) is 1. The van der Waals surface area contributed by atoms with Gasteiger partial charge < -0.3 is 14.7 Å². The lowest BCUT2D eigenvalue weighted by atomic mass is 10.1. The summed E-state index contributed by atoms with van der Waals surface area (Å²) in [6.45, 7) is 0.246. The molecule has 0 aliphatic rings. The molecule has 2 N–H and O–H groups in total. The minimum Gasteiger partial charge on any atom is -0.464 e. The predicted octanol–water partition coefficient (Wildman–Crippen LogP) is 1.94. The number of hydrogen-bond donors (Lipinski definition) is 1. The fourth-order valence-electron chi connectivity index (χ4n) is 1.55. The second-order valence-electron chi connectivity index (χ2n) is 3.39. The van der Waals surface area contributed by atoms with E-state index in [0.29, 0.717) is 11.7 Å². The minimum absolute atomic E-state index is 0.246. The first-order chi connectivity index (χ1) is 7.86. The van der Waals surface area contributed by atoms with Crippen molar-refractivity contribution in [3.05, 3.63) is 36.4 Å². The van der Waals surface area contributed by atoms with E-state index in [-0.39, 0.29) is 6.54 Å². The normalized spacial score (nSPS) is 11.1. The zero-order valence-electron chi connectivity index (χ0n) is 8.38. The van der Waals surface area contributed by atoms with Crippen LogP contribution in [0.1, 0.15) is 5.89 Å². The Kier molecular flexibility index (Phi) is 1.97. The summed E-state index contributed by atoms with van der Waals surface area (Å²) in [5, 5.41) is 4.89. The molecule has 0 unspecified atom stereocenters. The molecule has 0 amide bonds. The second-order valence-corrected chi connectivity index (χ2v) is 3.39. The van der Waals surface area contributed by atoms with Gasteiger partial charge in [0.15, 0.2) is 0 Å². The van der Waals surface area contributed by atoms with Crippen LogP contribution in [0, 0.1) is 0 Å². The van der Waals surface area contributed by atoms with E-state index in [4.69, 9.17) is 14.7 Å². The Morgan fingerprint density at radius 3 is 3.00 bits per heavy atom. The van der Waals surface area contributed by atoms with Crippen molar-refractivity contribution in [2.45, 2.75) is 6.54 Å². The van der Waals surface area contributed by atoms with Gasteiger partial charge in [-0.1, -0.05) is 17.3 Å². The van der Waals surface area contributed by atoms with Gasteiger partial charge in [-0.25, -0.2) is 0 Å². The highest BCUT2D eigenvalue weighted by Crippen LogP contribution is 2.22. The van der Waals surface area contributed by atoms with Gasteiger partial charge in [-0.05, 0) is 12.1 Å². The fraction of sp³-hybridized carbons (Fsp3) is 0.0909. The maximum absolute atomic E-state index is 5.40. The van der Waals surface area contributed by atoms with Crippen molar-refractivity contribution in [3.63, 3.8) is 0 Å². The van der Waals surface area contributed by atoms with Gasteiger partial charge >= 0.3 is 0 Å². The molecule has 0 fully saturated rings. The topological polar surface area (TPSA) is 78.1 Å². The minimum atomic E-state index is 0.246. The first-order valence-electron chi connectivity index (χ1n) is 4.87. The van der Waals surface area contributed by atoms with E-state index >= 15 is 0 Å². The van der Waals surface area contributed by atoms with E-state index in [1.54, 1.807) is 6.26 Å². The van der Waals surface area contributed by atoms with Crippen LogP contribution in [0.4, 0.5) is 0 Å². The van der Waals surface area contributed by atoms with Crippen LogP contribution in [-0.4, -0.2) is 10.1 Å². The molecule has 0 atom stereocenters. The van der Waals surface area contributed by atoms with Gasteiger partial charge in [-0.3, -0.25) is 0 Å². The van der Waals surface area contributed by atoms with Gasteiger partial charge in [0.25, 0.3) is 0 Å². The molecule has 80 valence electrons. The van der Waals surface area contributed by atoms with E-state index in [1.807, 2.05) is 24.3 Å². The van der Waals surface area contributed by atoms with Crippen LogP contribution in [0.15, 0.2) is 39.5 Å². The zero-order valence-corrected chi connectivity index (χ0v) is 8.38. The molecule has 16 heavy (non-hydrogen) atoms. The summed E-state index contributed by atoms with van der Waals surface area (Å²) in [6.07, 6.45) is 1.65. The largest absolute Gasteiger partial charge is 0.464 e. The first-order valence-corrected chi connectivity index (χ1v) is 4.87. The van der Waals surface area contributed by atoms with Crippen LogP contribution in [0.5, 0.6) is 0 Å². The molecule has 0 saturated heterocycles. The van der Waals surface area contributed by atoms with Crippen molar-refractivity contribution in [1.82, 2.24) is 10.1 Å². The average Bonchev–Trinajstić information content (AvgIpc) is 2.96. The fourth-order valence-corrected chi connectivity index (χ4v) is 1.55. The SMILES string of the molecule is NCc1nc(-c2ccc3ccoc3c2)no1. The molecule has 0 bridgehead atoms. The lowest BCUT2D eigenvalue weighted by Gasteiger charge is -1.93. The molecule has 1 aromatic carbocycles. The van der Waals surface area contributed by atoms with Crippen LogP contribution in [0.25, 0.3) is 22.4 Å². The zero-order chi connectivity index (χ0) is 11.0. The van der Waals surface area contributed by atoms with Crippen molar-refractivity contribution >= 4 is 11.0 Å². The maximum atomic E-state index is 5.40. The molecule has 0 radical (unpaired) electrons. The van der Waals surface area contributed by atoms with Crippen molar-refractivity contribution in [3.8, 4) is 11.4 Å². The van der Waals surface area contributed by atoms with Gasteiger partial charge in [0, 0.05) is 10.9 Å². The van der Waals surface area contributed by atoms with E-state index in [1.165, 1.54) is 0 Å². The number of rotatable bonds is 2. The molecule has 2 heterocycles. The number of nitrogens with zero attached hydrogens (tertiary/aromatic N) is 2. The van der Waals surface area contributed by atoms with Crippen LogP contribution < -0.4 is 5.73 Å². The molecule has 3 rings (SSSR count). The molecule has 0 aliphatic carbocycles. The van der Waals surface area contributed by atoms with Crippen molar-refractivity contribution in [2.24, 2.45) is 5.73 Å². The Balaban J connectivity index is 2.10. The van der Waals surface area contributed by atoms with E-state index in [2.05, 4.69) is 10.1 Å². The molecular formula is C11H9N3O2. The van der Waals surface area contributed by atoms with Crippen LogP contribution in [0.3, 0.4) is 0 Å². The molecule has 0 saturated carbocycles. The molecular weight excluding hydrogens is 206 g/mol. The van der Waals surface area contributed by atoms with E-state index in [0.717, 1.165) is 16.5 Å². The first kappa shape index (κ1) is 9.11. The molecule has 0 spiro atoms. The van der Waals surface area contributed by atoms with E-state index < -0.39 is 0 Å². The average molecular weight is 215 g/mol. The summed E-state index contributed by atoms with van der Waals surface area (Å²) in [7, 11) is 0. The van der Waals surface area contributed by atoms with Crippen molar-refractivity contribution in [2.75, 3.05) is 0 Å². The molecule has 3 aromatic rings. The van der Waals surface area contributed by atoms with Crippen LogP contribution >= 0.6 is 0 Å². The molecule has 0 aliphatic heterocycles. The number of benzene rings is 1. The summed E-state index contributed by atoms with van der Waals surface area (Å²) in [5.41, 5.74) is 7.06. The monoisotopic (exact) mass is 215 g/mol. The third-order valence-electron chi connectivity index (χ3n) is 2.36. The summed E-state index contributed by atoms with van der Waals surface area (Å²) < 4.78 is 10.2. The van der Waals surface area contributed by atoms with Crippen molar-refractivity contribution in [1.29, 1.82) is 0 Å². The van der Waals surface area contributed by atoms with Crippen LogP contribution in [0.2, 0.25) is 0 Å². The van der Waals surface area contributed by atoms with Gasteiger partial charge in [0.05, 0.1) is 12.8 Å². The quantitative estimate of drug-likeness (QED) is 0.706. The third-order valence-corrected chi connectivity index (χ3v) is 2.36. The van der Waals surface area contributed by atoms with E-state index in [9.17, 15) is 0 Å². The number of hydrogen-bond acceptors (Lipinski definition) is 5. The smallest absolute Gasteiger partial charge is 0.240 e. The third kappa shape index (κ3) is 1.38. The standard InChI is InChI=1S/C11H9N3O2/c12-6-10-13-11(14-16-10)8-2-1-7-3-4-15-9(7)5-8/h1-5H,6,12H2. The summed E-state index contributed by atoms with van der Waals surface area (Å²) in [6, 6.07) is 7.65. The highest BCUT2D eigenvalue weighted by Gasteiger charge is 2.08. The summed E-state index contributed by atoms with van der Waals surface area (Å²) in [5.74, 6) is 0.952. The van der Waals surface area contributed by atoms with Gasteiger partial charge in [0.1, 0.15) is 5.58 Å². The number of aromatic nitrogens is 2. The summed E-state index contributed by atoms with van der Waals surface area (Å²) in [4.78, 5) is 4.15. The van der Waals surface area contributed by atoms with Crippen molar-refractivity contribution < 1.29 is 8.94 Å². The Bertz CT molecular complexity index is 627. The second kappa shape index (κ2) is 3.46. The Morgan fingerprint density at radius 1 is 1.25 bits per heavy atom. The lowest BCUT2D eigenvalue weighted by molar-refractivity contribution is 0.380.